The van der Waals surface area contributed by atoms with Gasteiger partial charge in [-0.1, -0.05) is 6.42 Å². The van der Waals surface area contributed by atoms with E-state index < -0.39 is 0 Å². The molecule has 1 rings (SSSR count). The lowest BCUT2D eigenvalue weighted by atomic mass is 10.1. The van der Waals surface area contributed by atoms with Gasteiger partial charge in [-0.2, -0.15) is 0 Å². The number of likely N-dealkylation sites (N-methyl/N-ethyl adjacent to an activating group) is 2. The maximum Gasteiger partial charge on any atom is 0.0243 e. The molecule has 0 radical (unpaired) electrons. The number of hydrogen-bond donors (Lipinski definition) is 1. The van der Waals surface area contributed by atoms with Crippen LogP contribution in [0.1, 0.15) is 19.3 Å². The summed E-state index contributed by atoms with van der Waals surface area (Å²) >= 11 is 0. The van der Waals surface area contributed by atoms with Gasteiger partial charge in [-0.3, -0.25) is 0 Å². The van der Waals surface area contributed by atoms with E-state index in [2.05, 4.69) is 31.4 Å². The van der Waals surface area contributed by atoms with Crippen molar-refractivity contribution < 1.29 is 0 Å². The highest BCUT2D eigenvalue weighted by atomic mass is 15.1. The standard InChI is InChI=1S/C8H18N2/c1-9-7-5-4-6-8(7)10(2)3/h7-9H,4-6H2,1-3H3/t7-,8+/m1/s1. The van der Waals surface area contributed by atoms with Gasteiger partial charge in [0, 0.05) is 12.1 Å². The third-order valence-corrected chi connectivity index (χ3v) is 2.51. The smallest absolute Gasteiger partial charge is 0.0243 e. The normalized spacial score (nSPS) is 33.6. The molecule has 0 aromatic heterocycles. The Morgan fingerprint density at radius 2 is 2.00 bits per heavy atom. The molecule has 0 saturated heterocycles. The fraction of sp³-hybridized carbons (Fsp3) is 1.00. The number of rotatable bonds is 2. The first-order chi connectivity index (χ1) is 4.75. The van der Waals surface area contributed by atoms with Crippen LogP contribution in [0.15, 0.2) is 0 Å². The maximum atomic E-state index is 3.35. The predicted octanol–water partition coefficient (Wildman–Crippen LogP) is 0.688. The van der Waals surface area contributed by atoms with Gasteiger partial charge >= 0.3 is 0 Å². The lowest BCUT2D eigenvalue weighted by molar-refractivity contribution is 0.259. The van der Waals surface area contributed by atoms with Crippen LogP contribution in [0, 0.1) is 0 Å². The van der Waals surface area contributed by atoms with Crippen molar-refractivity contribution in [2.24, 2.45) is 0 Å². The van der Waals surface area contributed by atoms with Gasteiger partial charge in [0.15, 0.2) is 0 Å². The van der Waals surface area contributed by atoms with Crippen molar-refractivity contribution in [2.75, 3.05) is 21.1 Å². The third kappa shape index (κ3) is 1.50. The maximum absolute atomic E-state index is 3.35. The lowest BCUT2D eigenvalue weighted by Crippen LogP contribution is -2.41. The Labute approximate surface area is 63.6 Å². The van der Waals surface area contributed by atoms with Crippen LogP contribution in [0.2, 0.25) is 0 Å². The van der Waals surface area contributed by atoms with E-state index in [1.165, 1.54) is 19.3 Å². The summed E-state index contributed by atoms with van der Waals surface area (Å²) in [5.41, 5.74) is 0. The van der Waals surface area contributed by atoms with Crippen LogP contribution in [0.25, 0.3) is 0 Å². The molecule has 2 nitrogen and oxygen atoms in total. The van der Waals surface area contributed by atoms with E-state index >= 15 is 0 Å². The molecule has 0 amide bonds. The van der Waals surface area contributed by atoms with Gasteiger partial charge in [0.1, 0.15) is 0 Å². The Morgan fingerprint density at radius 3 is 2.40 bits per heavy atom. The van der Waals surface area contributed by atoms with E-state index in [9.17, 15) is 0 Å². The van der Waals surface area contributed by atoms with E-state index in [0.717, 1.165) is 12.1 Å². The van der Waals surface area contributed by atoms with E-state index in [1.54, 1.807) is 0 Å². The van der Waals surface area contributed by atoms with Crippen molar-refractivity contribution in [3.8, 4) is 0 Å². The van der Waals surface area contributed by atoms with Gasteiger partial charge in [0.05, 0.1) is 0 Å². The zero-order valence-corrected chi connectivity index (χ0v) is 7.22. The molecular formula is C8H18N2. The van der Waals surface area contributed by atoms with Gasteiger partial charge in [-0.15, -0.1) is 0 Å². The van der Waals surface area contributed by atoms with Crippen molar-refractivity contribution in [2.45, 2.75) is 31.3 Å². The van der Waals surface area contributed by atoms with Crippen LogP contribution in [-0.2, 0) is 0 Å². The Bertz CT molecular complexity index is 101. The average molecular weight is 142 g/mol. The minimum absolute atomic E-state index is 0.731. The minimum Gasteiger partial charge on any atom is -0.315 e. The first-order valence-corrected chi connectivity index (χ1v) is 4.09. The monoisotopic (exact) mass is 142 g/mol. The zero-order chi connectivity index (χ0) is 7.56. The van der Waals surface area contributed by atoms with Crippen LogP contribution < -0.4 is 5.32 Å². The molecule has 0 unspecified atom stereocenters. The summed E-state index contributed by atoms with van der Waals surface area (Å²) in [5.74, 6) is 0. The van der Waals surface area contributed by atoms with Crippen LogP contribution in [0.5, 0.6) is 0 Å². The molecule has 0 aromatic carbocycles. The Kier molecular flexibility index (Phi) is 2.69. The molecule has 0 bridgehead atoms. The summed E-state index contributed by atoms with van der Waals surface area (Å²) in [7, 11) is 6.40. The van der Waals surface area contributed by atoms with Gasteiger partial charge in [-0.05, 0) is 34.0 Å². The summed E-state index contributed by atoms with van der Waals surface area (Å²) in [6.45, 7) is 0. The highest BCUT2D eigenvalue weighted by molar-refractivity contribution is 4.87. The Morgan fingerprint density at radius 1 is 1.30 bits per heavy atom. The highest BCUT2D eigenvalue weighted by Gasteiger charge is 2.26. The number of nitrogens with zero attached hydrogens (tertiary/aromatic N) is 1. The second-order valence-corrected chi connectivity index (χ2v) is 3.36. The molecular weight excluding hydrogens is 124 g/mol. The molecule has 0 spiro atoms. The first-order valence-electron chi connectivity index (χ1n) is 4.09. The van der Waals surface area contributed by atoms with Crippen molar-refractivity contribution in [1.82, 2.24) is 10.2 Å². The van der Waals surface area contributed by atoms with Crippen LogP contribution in [-0.4, -0.2) is 38.1 Å². The Hall–Kier alpha value is -0.0800. The molecule has 0 heterocycles. The van der Waals surface area contributed by atoms with Crippen molar-refractivity contribution in [3.63, 3.8) is 0 Å². The Balaban J connectivity index is 2.42. The van der Waals surface area contributed by atoms with Crippen molar-refractivity contribution >= 4 is 0 Å². The van der Waals surface area contributed by atoms with Crippen molar-refractivity contribution in [3.05, 3.63) is 0 Å². The second kappa shape index (κ2) is 3.35. The molecule has 2 atom stereocenters. The summed E-state index contributed by atoms with van der Waals surface area (Å²) < 4.78 is 0. The molecule has 1 saturated carbocycles. The molecule has 1 fully saturated rings. The molecule has 60 valence electrons. The van der Waals surface area contributed by atoms with Gasteiger partial charge in [0.25, 0.3) is 0 Å². The molecule has 1 aliphatic carbocycles. The van der Waals surface area contributed by atoms with Crippen molar-refractivity contribution in [1.29, 1.82) is 0 Å². The topological polar surface area (TPSA) is 15.3 Å². The van der Waals surface area contributed by atoms with Gasteiger partial charge in [-0.25, -0.2) is 0 Å². The number of hydrogen-bond acceptors (Lipinski definition) is 2. The summed E-state index contributed by atoms with van der Waals surface area (Å²) in [6, 6.07) is 1.50. The number of nitrogens with one attached hydrogen (secondary N) is 1. The first kappa shape index (κ1) is 8.02. The van der Waals surface area contributed by atoms with Gasteiger partial charge < -0.3 is 10.2 Å². The summed E-state index contributed by atoms with van der Waals surface area (Å²) in [6.07, 6.45) is 4.09. The summed E-state index contributed by atoms with van der Waals surface area (Å²) in [5, 5.41) is 3.35. The zero-order valence-electron chi connectivity index (χ0n) is 7.22. The van der Waals surface area contributed by atoms with Crippen LogP contribution in [0.3, 0.4) is 0 Å². The van der Waals surface area contributed by atoms with Crippen LogP contribution >= 0.6 is 0 Å². The minimum atomic E-state index is 0.731. The summed E-state index contributed by atoms with van der Waals surface area (Å²) in [4.78, 5) is 2.33. The van der Waals surface area contributed by atoms with E-state index in [1.807, 2.05) is 0 Å². The fourth-order valence-electron chi connectivity index (χ4n) is 1.90. The van der Waals surface area contributed by atoms with E-state index in [-0.39, 0.29) is 0 Å². The van der Waals surface area contributed by atoms with Crippen LogP contribution in [0.4, 0.5) is 0 Å². The molecule has 10 heavy (non-hydrogen) atoms. The molecule has 1 N–H and O–H groups in total. The molecule has 2 heteroatoms. The third-order valence-electron chi connectivity index (χ3n) is 2.51. The average Bonchev–Trinajstić information content (AvgIpc) is 2.33. The lowest BCUT2D eigenvalue weighted by Gasteiger charge is -2.25. The van der Waals surface area contributed by atoms with E-state index in [0.29, 0.717) is 0 Å². The molecule has 0 aromatic rings. The quantitative estimate of drug-likeness (QED) is 0.610. The SMILES string of the molecule is CN[C@@H]1CCC[C@@H]1N(C)C. The second-order valence-electron chi connectivity index (χ2n) is 3.36. The fourth-order valence-corrected chi connectivity index (χ4v) is 1.90. The predicted molar refractivity (Wildman–Crippen MR) is 44.2 cm³/mol. The molecule has 0 aliphatic heterocycles. The van der Waals surface area contributed by atoms with Gasteiger partial charge in [0.2, 0.25) is 0 Å². The van der Waals surface area contributed by atoms with E-state index in [4.69, 9.17) is 0 Å². The molecule has 1 aliphatic rings. The highest BCUT2D eigenvalue weighted by Crippen LogP contribution is 2.21. The largest absolute Gasteiger partial charge is 0.315 e.